The summed E-state index contributed by atoms with van der Waals surface area (Å²) < 4.78 is 0. The van der Waals surface area contributed by atoms with E-state index in [1.807, 2.05) is 7.05 Å². The predicted octanol–water partition coefficient (Wildman–Crippen LogP) is 2.12. The minimum absolute atomic E-state index is 0.532. The van der Waals surface area contributed by atoms with Crippen molar-refractivity contribution in [3.8, 4) is 0 Å². The van der Waals surface area contributed by atoms with Gasteiger partial charge in [-0.1, -0.05) is 19.3 Å². The Hall–Kier alpha value is -0.570. The highest BCUT2D eigenvalue weighted by atomic mass is 16.4. The second kappa shape index (κ2) is 4.12. The zero-order chi connectivity index (χ0) is 10.9. The number of carboxylic acid groups (broad SMARTS) is 1. The van der Waals surface area contributed by atoms with Crippen LogP contribution in [0.25, 0.3) is 0 Å². The van der Waals surface area contributed by atoms with E-state index in [-0.39, 0.29) is 0 Å². The Bertz CT molecular complexity index is 242. The van der Waals surface area contributed by atoms with Crippen molar-refractivity contribution in [2.24, 2.45) is 5.92 Å². The minimum atomic E-state index is -0.609. The first-order valence-electron chi connectivity index (χ1n) is 6.10. The lowest BCUT2D eigenvalue weighted by Gasteiger charge is -2.39. The van der Waals surface area contributed by atoms with Crippen molar-refractivity contribution in [1.82, 2.24) is 4.90 Å². The van der Waals surface area contributed by atoms with E-state index in [2.05, 4.69) is 4.90 Å². The highest BCUT2D eigenvalue weighted by molar-refractivity contribution is 5.79. The molecule has 2 aliphatic carbocycles. The quantitative estimate of drug-likeness (QED) is 0.774. The zero-order valence-corrected chi connectivity index (χ0v) is 9.54. The van der Waals surface area contributed by atoms with Gasteiger partial charge in [-0.05, 0) is 38.6 Å². The largest absolute Gasteiger partial charge is 0.480 e. The van der Waals surface area contributed by atoms with Crippen molar-refractivity contribution in [3.63, 3.8) is 0 Å². The molecule has 0 saturated heterocycles. The van der Waals surface area contributed by atoms with Crippen LogP contribution >= 0.6 is 0 Å². The summed E-state index contributed by atoms with van der Waals surface area (Å²) in [5, 5.41) is 9.40. The number of rotatable bonds is 4. The topological polar surface area (TPSA) is 40.5 Å². The van der Waals surface area contributed by atoms with Gasteiger partial charge in [0.1, 0.15) is 5.54 Å². The van der Waals surface area contributed by atoms with Crippen molar-refractivity contribution in [3.05, 3.63) is 0 Å². The first-order valence-corrected chi connectivity index (χ1v) is 6.10. The molecule has 0 aromatic rings. The van der Waals surface area contributed by atoms with Crippen LogP contribution in [-0.4, -0.2) is 35.1 Å². The molecule has 0 unspecified atom stereocenters. The van der Waals surface area contributed by atoms with Crippen molar-refractivity contribution < 1.29 is 9.90 Å². The summed E-state index contributed by atoms with van der Waals surface area (Å²) in [6.07, 6.45) is 7.73. The van der Waals surface area contributed by atoms with E-state index in [1.165, 1.54) is 19.3 Å². The number of likely N-dealkylation sites (N-methyl/N-ethyl adjacent to an activating group) is 1. The normalized spacial score (nSPS) is 25.5. The molecule has 0 aromatic heterocycles. The van der Waals surface area contributed by atoms with Crippen LogP contribution in [0.4, 0.5) is 0 Å². The first kappa shape index (κ1) is 10.9. The summed E-state index contributed by atoms with van der Waals surface area (Å²) in [5.74, 6) is 0.147. The Morgan fingerprint density at radius 2 is 1.93 bits per heavy atom. The lowest BCUT2D eigenvalue weighted by molar-refractivity contribution is -0.151. The van der Waals surface area contributed by atoms with Gasteiger partial charge in [-0.2, -0.15) is 0 Å². The number of aliphatic carboxylic acids is 1. The lowest BCUT2D eigenvalue weighted by Crippen LogP contribution is -2.52. The van der Waals surface area contributed by atoms with Crippen molar-refractivity contribution in [2.45, 2.75) is 50.5 Å². The third-order valence-electron chi connectivity index (χ3n) is 4.32. The molecule has 0 amide bonds. The van der Waals surface area contributed by atoms with Gasteiger partial charge in [-0.3, -0.25) is 9.69 Å². The summed E-state index contributed by atoms with van der Waals surface area (Å²) in [6, 6.07) is 0. The molecule has 0 atom stereocenters. The third kappa shape index (κ3) is 1.89. The Balaban J connectivity index is 1.99. The summed E-state index contributed by atoms with van der Waals surface area (Å²) >= 11 is 0. The van der Waals surface area contributed by atoms with E-state index in [0.717, 1.165) is 38.1 Å². The molecule has 3 heteroatoms. The summed E-state index contributed by atoms with van der Waals surface area (Å²) in [7, 11) is 2.00. The van der Waals surface area contributed by atoms with Crippen LogP contribution in [0.3, 0.4) is 0 Å². The molecule has 2 fully saturated rings. The highest BCUT2D eigenvalue weighted by Crippen LogP contribution is 2.37. The van der Waals surface area contributed by atoms with Crippen LogP contribution in [0.15, 0.2) is 0 Å². The Morgan fingerprint density at radius 1 is 1.33 bits per heavy atom. The molecule has 15 heavy (non-hydrogen) atoms. The van der Waals surface area contributed by atoms with Crippen LogP contribution in [0.2, 0.25) is 0 Å². The third-order valence-corrected chi connectivity index (χ3v) is 4.32. The lowest BCUT2D eigenvalue weighted by atomic mass is 9.83. The molecule has 86 valence electrons. The maximum atomic E-state index is 11.4. The van der Waals surface area contributed by atoms with Gasteiger partial charge in [0.15, 0.2) is 0 Å². The van der Waals surface area contributed by atoms with Gasteiger partial charge in [-0.25, -0.2) is 0 Å². The molecule has 1 N–H and O–H groups in total. The van der Waals surface area contributed by atoms with Gasteiger partial charge < -0.3 is 5.11 Å². The highest BCUT2D eigenvalue weighted by Gasteiger charge is 2.45. The van der Waals surface area contributed by atoms with Crippen molar-refractivity contribution in [1.29, 1.82) is 0 Å². The average Bonchev–Trinajstić information content (AvgIpc) is 2.60. The van der Waals surface area contributed by atoms with Crippen LogP contribution in [0, 0.1) is 5.92 Å². The van der Waals surface area contributed by atoms with E-state index in [1.54, 1.807) is 0 Å². The maximum absolute atomic E-state index is 11.4. The fourth-order valence-corrected chi connectivity index (χ4v) is 2.96. The van der Waals surface area contributed by atoms with Gasteiger partial charge in [0.05, 0.1) is 0 Å². The zero-order valence-electron chi connectivity index (χ0n) is 9.54. The maximum Gasteiger partial charge on any atom is 0.324 e. The summed E-state index contributed by atoms with van der Waals surface area (Å²) in [6.45, 7) is 0.978. The Kier molecular flexibility index (Phi) is 3.01. The predicted molar refractivity (Wildman–Crippen MR) is 58.8 cm³/mol. The number of hydrogen-bond donors (Lipinski definition) is 1. The van der Waals surface area contributed by atoms with Crippen molar-refractivity contribution >= 4 is 5.97 Å². The molecule has 0 bridgehead atoms. The molecule has 2 aliphatic rings. The molecule has 0 radical (unpaired) electrons. The molecule has 0 aliphatic heterocycles. The average molecular weight is 211 g/mol. The summed E-state index contributed by atoms with van der Waals surface area (Å²) in [4.78, 5) is 13.5. The second-order valence-electron chi connectivity index (χ2n) is 5.22. The van der Waals surface area contributed by atoms with Gasteiger partial charge in [0.2, 0.25) is 0 Å². The SMILES string of the molecule is CN(CC1CCC1)C1(C(=O)O)CCCC1. The van der Waals surface area contributed by atoms with Gasteiger partial charge >= 0.3 is 5.97 Å². The molecule has 0 spiro atoms. The van der Waals surface area contributed by atoms with Gasteiger partial charge in [0, 0.05) is 6.54 Å². The van der Waals surface area contributed by atoms with Crippen molar-refractivity contribution in [2.75, 3.05) is 13.6 Å². The molecular weight excluding hydrogens is 190 g/mol. The standard InChI is InChI=1S/C12H21NO2/c1-13(9-10-5-4-6-10)12(11(14)15)7-2-3-8-12/h10H,2-9H2,1H3,(H,14,15). The number of hydrogen-bond acceptors (Lipinski definition) is 2. The van der Waals surface area contributed by atoms with Crippen LogP contribution < -0.4 is 0 Å². The number of nitrogens with zero attached hydrogens (tertiary/aromatic N) is 1. The second-order valence-corrected chi connectivity index (χ2v) is 5.22. The number of carbonyl (C=O) groups is 1. The fourth-order valence-electron chi connectivity index (χ4n) is 2.96. The Labute approximate surface area is 91.5 Å². The molecule has 0 heterocycles. The van der Waals surface area contributed by atoms with Gasteiger partial charge in [0.25, 0.3) is 0 Å². The first-order chi connectivity index (χ1) is 7.15. The Morgan fingerprint density at radius 3 is 2.33 bits per heavy atom. The van der Waals surface area contributed by atoms with Crippen LogP contribution in [-0.2, 0) is 4.79 Å². The van der Waals surface area contributed by atoms with E-state index in [0.29, 0.717) is 0 Å². The molecular formula is C12H21NO2. The van der Waals surface area contributed by atoms with E-state index >= 15 is 0 Å². The van der Waals surface area contributed by atoms with E-state index in [9.17, 15) is 9.90 Å². The van der Waals surface area contributed by atoms with E-state index < -0.39 is 11.5 Å². The minimum Gasteiger partial charge on any atom is -0.480 e. The van der Waals surface area contributed by atoms with Crippen LogP contribution in [0.5, 0.6) is 0 Å². The number of carboxylic acids is 1. The monoisotopic (exact) mass is 211 g/mol. The van der Waals surface area contributed by atoms with Crippen LogP contribution in [0.1, 0.15) is 44.9 Å². The fraction of sp³-hybridized carbons (Fsp3) is 0.917. The van der Waals surface area contributed by atoms with Gasteiger partial charge in [-0.15, -0.1) is 0 Å². The van der Waals surface area contributed by atoms with E-state index in [4.69, 9.17) is 0 Å². The smallest absolute Gasteiger partial charge is 0.324 e. The molecule has 0 aromatic carbocycles. The molecule has 2 saturated carbocycles. The molecule has 2 rings (SSSR count). The summed E-state index contributed by atoms with van der Waals surface area (Å²) in [5.41, 5.74) is -0.532. The molecule has 3 nitrogen and oxygen atoms in total.